The molecule has 7 heteroatoms. The van der Waals surface area contributed by atoms with E-state index in [1.807, 2.05) is 54.5 Å². The Hall–Kier alpha value is -2.54. The number of guanidine groups is 1. The van der Waals surface area contributed by atoms with Crippen LogP contribution in [0.25, 0.3) is 0 Å². The van der Waals surface area contributed by atoms with Gasteiger partial charge >= 0.3 is 0 Å². The van der Waals surface area contributed by atoms with Gasteiger partial charge in [0.15, 0.2) is 5.96 Å². The van der Waals surface area contributed by atoms with E-state index in [0.29, 0.717) is 13.2 Å². The minimum absolute atomic E-state index is 0.216. The summed E-state index contributed by atoms with van der Waals surface area (Å²) in [5, 5.41) is 10.9. The lowest BCUT2D eigenvalue weighted by Crippen LogP contribution is -2.42. The molecule has 7 nitrogen and oxygen atoms in total. The quantitative estimate of drug-likeness (QED) is 0.429. The van der Waals surface area contributed by atoms with Crippen molar-refractivity contribution in [3.63, 3.8) is 0 Å². The molecule has 1 aromatic carbocycles. The average Bonchev–Trinajstić information content (AvgIpc) is 3.03. The second-order valence-electron chi connectivity index (χ2n) is 5.97. The van der Waals surface area contributed by atoms with Crippen molar-refractivity contribution in [3.05, 3.63) is 48.3 Å². The lowest BCUT2D eigenvalue weighted by molar-refractivity contribution is 0.297. The number of benzene rings is 1. The van der Waals surface area contributed by atoms with Crippen LogP contribution in [0.15, 0.2) is 47.7 Å². The summed E-state index contributed by atoms with van der Waals surface area (Å²) in [6, 6.07) is 10.0. The Bertz CT molecular complexity index is 653. The largest absolute Gasteiger partial charge is 0.492 e. The summed E-state index contributed by atoms with van der Waals surface area (Å²) in [6.07, 6.45) is 3.94. The van der Waals surface area contributed by atoms with Crippen molar-refractivity contribution in [2.24, 2.45) is 12.0 Å². The van der Waals surface area contributed by atoms with Crippen molar-refractivity contribution in [2.75, 3.05) is 40.8 Å². The summed E-state index contributed by atoms with van der Waals surface area (Å²) < 4.78 is 7.49. The molecular weight excluding hydrogens is 316 g/mol. The van der Waals surface area contributed by atoms with Gasteiger partial charge in [0.1, 0.15) is 12.4 Å². The maximum absolute atomic E-state index is 5.67. The van der Waals surface area contributed by atoms with Gasteiger partial charge in [-0.05, 0) is 26.2 Å². The summed E-state index contributed by atoms with van der Waals surface area (Å²) in [5.41, 5.74) is 1.17. The summed E-state index contributed by atoms with van der Waals surface area (Å²) in [6.45, 7) is 1.98. The highest BCUT2D eigenvalue weighted by molar-refractivity contribution is 5.79. The fourth-order valence-electron chi connectivity index (χ4n) is 2.48. The average molecular weight is 344 g/mol. The molecule has 0 spiro atoms. The van der Waals surface area contributed by atoms with Gasteiger partial charge in [-0.15, -0.1) is 0 Å². The number of nitrogens with zero attached hydrogens (tertiary/aromatic N) is 4. The topological polar surface area (TPSA) is 66.7 Å². The SMILES string of the molecule is CN=C(NCCOc1ccccc1)NCC(c1cnn(C)c1)N(C)C. The van der Waals surface area contributed by atoms with E-state index < -0.39 is 0 Å². The van der Waals surface area contributed by atoms with Crippen LogP contribution >= 0.6 is 0 Å². The molecule has 0 fully saturated rings. The van der Waals surface area contributed by atoms with E-state index in [-0.39, 0.29) is 6.04 Å². The van der Waals surface area contributed by atoms with E-state index in [4.69, 9.17) is 4.74 Å². The Morgan fingerprint density at radius 1 is 1.28 bits per heavy atom. The van der Waals surface area contributed by atoms with E-state index >= 15 is 0 Å². The molecule has 2 aromatic rings. The summed E-state index contributed by atoms with van der Waals surface area (Å²) in [7, 11) is 7.81. The second-order valence-corrected chi connectivity index (χ2v) is 5.97. The molecule has 1 atom stereocenters. The van der Waals surface area contributed by atoms with E-state index in [9.17, 15) is 0 Å². The minimum atomic E-state index is 0.216. The molecule has 136 valence electrons. The molecule has 2 rings (SSSR count). The molecule has 0 bridgehead atoms. The van der Waals surface area contributed by atoms with Crippen LogP contribution in [0.4, 0.5) is 0 Å². The predicted octanol–water partition coefficient (Wildman–Crippen LogP) is 1.27. The molecule has 0 radical (unpaired) electrons. The van der Waals surface area contributed by atoms with Crippen molar-refractivity contribution < 1.29 is 4.74 Å². The molecule has 0 saturated carbocycles. The predicted molar refractivity (Wildman–Crippen MR) is 101 cm³/mol. The van der Waals surface area contributed by atoms with E-state index in [1.165, 1.54) is 5.56 Å². The number of ether oxygens (including phenoxy) is 1. The van der Waals surface area contributed by atoms with Gasteiger partial charge < -0.3 is 20.3 Å². The van der Waals surface area contributed by atoms with Crippen LogP contribution in [0.2, 0.25) is 0 Å². The number of para-hydroxylation sites is 1. The van der Waals surface area contributed by atoms with Crippen molar-refractivity contribution >= 4 is 5.96 Å². The van der Waals surface area contributed by atoms with Crippen molar-refractivity contribution in [1.82, 2.24) is 25.3 Å². The number of aryl methyl sites for hydroxylation is 1. The number of aliphatic imine (C=N–C) groups is 1. The van der Waals surface area contributed by atoms with Gasteiger partial charge in [0, 0.05) is 32.4 Å². The van der Waals surface area contributed by atoms with E-state index in [1.54, 1.807) is 7.05 Å². The molecule has 25 heavy (non-hydrogen) atoms. The summed E-state index contributed by atoms with van der Waals surface area (Å²) >= 11 is 0. The highest BCUT2D eigenvalue weighted by atomic mass is 16.5. The van der Waals surface area contributed by atoms with Gasteiger partial charge in [-0.2, -0.15) is 5.10 Å². The van der Waals surface area contributed by atoms with Gasteiger partial charge in [-0.1, -0.05) is 18.2 Å². The minimum Gasteiger partial charge on any atom is -0.492 e. The first-order valence-electron chi connectivity index (χ1n) is 8.37. The standard InChI is InChI=1S/C18H28N6O/c1-19-18(20-10-11-25-16-8-6-5-7-9-16)21-13-17(23(2)3)15-12-22-24(4)14-15/h5-9,12,14,17H,10-11,13H2,1-4H3,(H2,19,20,21). The number of aromatic nitrogens is 2. The van der Waals surface area contributed by atoms with Crippen LogP contribution in [0.3, 0.4) is 0 Å². The first-order chi connectivity index (χ1) is 12.1. The lowest BCUT2D eigenvalue weighted by atomic mass is 10.1. The smallest absolute Gasteiger partial charge is 0.191 e. The number of hydrogen-bond donors (Lipinski definition) is 2. The van der Waals surface area contributed by atoms with Crippen LogP contribution < -0.4 is 15.4 Å². The molecule has 0 amide bonds. The van der Waals surface area contributed by atoms with Gasteiger partial charge in [-0.25, -0.2) is 0 Å². The zero-order valence-electron chi connectivity index (χ0n) is 15.4. The Kier molecular flexibility index (Phi) is 7.28. The Morgan fingerprint density at radius 3 is 2.64 bits per heavy atom. The first kappa shape index (κ1) is 18.8. The number of hydrogen-bond acceptors (Lipinski definition) is 4. The molecule has 1 aromatic heterocycles. The van der Waals surface area contributed by atoms with Gasteiger partial charge in [0.25, 0.3) is 0 Å². The second kappa shape index (κ2) is 9.68. The third kappa shape index (κ3) is 6.11. The number of nitrogens with one attached hydrogen (secondary N) is 2. The van der Waals surface area contributed by atoms with Crippen LogP contribution in [-0.4, -0.2) is 61.5 Å². The van der Waals surface area contributed by atoms with Crippen molar-refractivity contribution in [2.45, 2.75) is 6.04 Å². The molecule has 2 N–H and O–H groups in total. The third-order valence-electron chi connectivity index (χ3n) is 3.83. The van der Waals surface area contributed by atoms with Crippen LogP contribution in [0.5, 0.6) is 5.75 Å². The highest BCUT2D eigenvalue weighted by Crippen LogP contribution is 2.15. The van der Waals surface area contributed by atoms with Crippen LogP contribution in [0, 0.1) is 0 Å². The summed E-state index contributed by atoms with van der Waals surface area (Å²) in [4.78, 5) is 6.42. The van der Waals surface area contributed by atoms with Crippen LogP contribution in [0.1, 0.15) is 11.6 Å². The third-order valence-corrected chi connectivity index (χ3v) is 3.83. The lowest BCUT2D eigenvalue weighted by Gasteiger charge is -2.24. The van der Waals surface area contributed by atoms with Crippen molar-refractivity contribution in [1.29, 1.82) is 0 Å². The fourth-order valence-corrected chi connectivity index (χ4v) is 2.48. The Morgan fingerprint density at radius 2 is 2.04 bits per heavy atom. The monoisotopic (exact) mass is 344 g/mol. The molecule has 1 unspecified atom stereocenters. The maximum Gasteiger partial charge on any atom is 0.191 e. The molecule has 0 aliphatic carbocycles. The van der Waals surface area contributed by atoms with Gasteiger partial charge in [-0.3, -0.25) is 9.67 Å². The zero-order chi connectivity index (χ0) is 18.1. The zero-order valence-corrected chi connectivity index (χ0v) is 15.4. The number of likely N-dealkylation sites (N-methyl/N-ethyl adjacent to an activating group) is 1. The molecule has 1 heterocycles. The van der Waals surface area contributed by atoms with E-state index in [2.05, 4.69) is 39.7 Å². The molecule has 0 aliphatic rings. The van der Waals surface area contributed by atoms with Crippen LogP contribution in [-0.2, 0) is 7.05 Å². The Labute approximate surface area is 149 Å². The fraction of sp³-hybridized carbons (Fsp3) is 0.444. The first-order valence-corrected chi connectivity index (χ1v) is 8.37. The summed E-state index contributed by atoms with van der Waals surface area (Å²) in [5.74, 6) is 1.63. The van der Waals surface area contributed by atoms with Gasteiger partial charge in [0.05, 0.1) is 18.8 Å². The Balaban J connectivity index is 1.76. The van der Waals surface area contributed by atoms with Gasteiger partial charge in [0.2, 0.25) is 0 Å². The highest BCUT2D eigenvalue weighted by Gasteiger charge is 2.16. The number of rotatable bonds is 8. The van der Waals surface area contributed by atoms with E-state index in [0.717, 1.165) is 18.3 Å². The molecule has 0 saturated heterocycles. The normalized spacial score (nSPS) is 12.9. The maximum atomic E-state index is 5.67. The molecule has 0 aliphatic heterocycles. The molecular formula is C18H28N6O. The van der Waals surface area contributed by atoms with Crippen molar-refractivity contribution in [3.8, 4) is 5.75 Å².